The molecule has 0 amide bonds. The van der Waals surface area contributed by atoms with Gasteiger partial charge >= 0.3 is 0 Å². The van der Waals surface area contributed by atoms with Gasteiger partial charge in [0, 0.05) is 12.2 Å². The van der Waals surface area contributed by atoms with Crippen molar-refractivity contribution in [3.8, 4) is 11.5 Å². The van der Waals surface area contributed by atoms with E-state index in [-0.39, 0.29) is 6.61 Å². The predicted octanol–water partition coefficient (Wildman–Crippen LogP) is 2.12. The Morgan fingerprint density at radius 3 is 2.12 bits per heavy atom. The van der Waals surface area contributed by atoms with Crippen LogP contribution in [0.3, 0.4) is 0 Å². The van der Waals surface area contributed by atoms with Gasteiger partial charge in [0.15, 0.2) is 0 Å². The summed E-state index contributed by atoms with van der Waals surface area (Å²) in [6, 6.07) is 4.01. The molecule has 0 unspecified atom stereocenters. The van der Waals surface area contributed by atoms with Crippen LogP contribution >= 0.6 is 0 Å². The van der Waals surface area contributed by atoms with Crippen LogP contribution in [0.5, 0.6) is 11.5 Å². The highest BCUT2D eigenvalue weighted by Gasteiger charge is 2.30. The van der Waals surface area contributed by atoms with E-state index in [1.54, 1.807) is 14.2 Å². The molecular weight excluding hydrogens is 204 g/mol. The number of aliphatic hydroxyl groups is 1. The molecule has 1 aromatic rings. The molecule has 88 valence electrons. The Morgan fingerprint density at radius 2 is 1.75 bits per heavy atom. The predicted molar refractivity (Wildman–Crippen MR) is 62.3 cm³/mol. The van der Waals surface area contributed by atoms with Gasteiger partial charge in [0.05, 0.1) is 14.2 Å². The molecule has 1 aliphatic carbocycles. The van der Waals surface area contributed by atoms with E-state index in [9.17, 15) is 0 Å². The molecule has 1 saturated carbocycles. The Kier molecular flexibility index (Phi) is 3.34. The summed E-state index contributed by atoms with van der Waals surface area (Å²) in [5, 5.41) is 8.96. The van der Waals surface area contributed by atoms with Crippen molar-refractivity contribution in [3.63, 3.8) is 0 Å². The maximum Gasteiger partial charge on any atom is 0.126 e. The minimum atomic E-state index is 0.148. The van der Waals surface area contributed by atoms with Gasteiger partial charge in [-0.05, 0) is 42.9 Å². The quantitative estimate of drug-likeness (QED) is 0.829. The Bertz CT molecular complexity index is 344. The molecule has 1 aliphatic rings. The second kappa shape index (κ2) is 4.74. The normalized spacial score (nSPS) is 14.9. The summed E-state index contributed by atoms with van der Waals surface area (Å²) >= 11 is 0. The van der Waals surface area contributed by atoms with Gasteiger partial charge in [-0.1, -0.05) is 0 Å². The lowest BCUT2D eigenvalue weighted by molar-refractivity contribution is 0.299. The van der Waals surface area contributed by atoms with E-state index in [1.807, 2.05) is 12.1 Å². The molecule has 3 nitrogen and oxygen atoms in total. The molecule has 0 spiro atoms. The van der Waals surface area contributed by atoms with Crippen LogP contribution in [0.2, 0.25) is 0 Å². The first kappa shape index (κ1) is 11.3. The van der Waals surface area contributed by atoms with Crippen LogP contribution in [0.1, 0.15) is 29.9 Å². The second-order valence-electron chi connectivity index (χ2n) is 4.16. The summed E-state index contributed by atoms with van der Waals surface area (Å²) in [6.45, 7) is 0.148. The van der Waals surface area contributed by atoms with Crippen LogP contribution in [0.4, 0.5) is 0 Å². The van der Waals surface area contributed by atoms with Gasteiger partial charge in [0.1, 0.15) is 11.5 Å². The minimum Gasteiger partial charge on any atom is -0.496 e. The molecule has 0 saturated heterocycles. The zero-order valence-electron chi connectivity index (χ0n) is 9.82. The third kappa shape index (κ3) is 2.14. The topological polar surface area (TPSA) is 38.7 Å². The average Bonchev–Trinajstić information content (AvgIpc) is 3.12. The number of rotatable bonds is 5. The van der Waals surface area contributed by atoms with Crippen molar-refractivity contribution >= 4 is 0 Å². The highest BCUT2D eigenvalue weighted by atomic mass is 16.5. The molecule has 0 radical (unpaired) electrons. The Balaban J connectivity index is 2.41. The molecule has 0 heterocycles. The van der Waals surface area contributed by atoms with E-state index in [4.69, 9.17) is 14.6 Å². The SMILES string of the molecule is COc1cc(CCO)cc(OC)c1C1CC1. The van der Waals surface area contributed by atoms with Gasteiger partial charge in [-0.2, -0.15) is 0 Å². The van der Waals surface area contributed by atoms with Crippen LogP contribution in [0, 0.1) is 0 Å². The third-order valence-corrected chi connectivity index (χ3v) is 2.99. The Labute approximate surface area is 96.0 Å². The highest BCUT2D eigenvalue weighted by molar-refractivity contribution is 5.51. The molecule has 16 heavy (non-hydrogen) atoms. The lowest BCUT2D eigenvalue weighted by atomic mass is 10.0. The van der Waals surface area contributed by atoms with Gasteiger partial charge in [0.25, 0.3) is 0 Å². The van der Waals surface area contributed by atoms with Crippen LogP contribution in [0.25, 0.3) is 0 Å². The van der Waals surface area contributed by atoms with Crippen molar-refractivity contribution in [1.29, 1.82) is 0 Å². The van der Waals surface area contributed by atoms with Crippen molar-refractivity contribution in [2.24, 2.45) is 0 Å². The van der Waals surface area contributed by atoms with Gasteiger partial charge < -0.3 is 14.6 Å². The Morgan fingerprint density at radius 1 is 1.19 bits per heavy atom. The largest absolute Gasteiger partial charge is 0.496 e. The monoisotopic (exact) mass is 222 g/mol. The second-order valence-corrected chi connectivity index (χ2v) is 4.16. The summed E-state index contributed by atoms with van der Waals surface area (Å²) in [4.78, 5) is 0. The molecule has 1 aromatic carbocycles. The van der Waals surface area contributed by atoms with E-state index in [2.05, 4.69) is 0 Å². The van der Waals surface area contributed by atoms with E-state index >= 15 is 0 Å². The average molecular weight is 222 g/mol. The van der Waals surface area contributed by atoms with Crippen LogP contribution in [0.15, 0.2) is 12.1 Å². The summed E-state index contributed by atoms with van der Waals surface area (Å²) in [7, 11) is 3.37. The maximum absolute atomic E-state index is 8.96. The molecule has 1 fully saturated rings. The zero-order valence-corrected chi connectivity index (χ0v) is 9.82. The molecule has 0 atom stereocenters. The van der Waals surface area contributed by atoms with Crippen LogP contribution in [-0.4, -0.2) is 25.9 Å². The summed E-state index contributed by atoms with van der Waals surface area (Å²) < 4.78 is 10.8. The lowest BCUT2D eigenvalue weighted by Crippen LogP contribution is -1.99. The molecule has 0 bridgehead atoms. The first-order valence-corrected chi connectivity index (χ1v) is 5.65. The van der Waals surface area contributed by atoms with Crippen LogP contribution < -0.4 is 9.47 Å². The Hall–Kier alpha value is -1.22. The number of hydrogen-bond donors (Lipinski definition) is 1. The molecule has 0 aliphatic heterocycles. The maximum atomic E-state index is 8.96. The van der Waals surface area contributed by atoms with E-state index in [0.29, 0.717) is 12.3 Å². The smallest absolute Gasteiger partial charge is 0.126 e. The fourth-order valence-electron chi connectivity index (χ4n) is 2.04. The highest BCUT2D eigenvalue weighted by Crippen LogP contribution is 2.49. The molecule has 1 N–H and O–H groups in total. The van der Waals surface area contributed by atoms with Gasteiger partial charge in [0.2, 0.25) is 0 Å². The first-order chi connectivity index (χ1) is 7.80. The van der Waals surface area contributed by atoms with Gasteiger partial charge in [-0.3, -0.25) is 0 Å². The lowest BCUT2D eigenvalue weighted by Gasteiger charge is -2.14. The molecule has 3 heteroatoms. The zero-order chi connectivity index (χ0) is 11.5. The number of methoxy groups -OCH3 is 2. The summed E-state index contributed by atoms with van der Waals surface area (Å²) in [6.07, 6.45) is 3.07. The number of ether oxygens (including phenoxy) is 2. The first-order valence-electron chi connectivity index (χ1n) is 5.65. The number of aliphatic hydroxyl groups excluding tert-OH is 1. The van der Waals surface area contributed by atoms with Crippen LogP contribution in [-0.2, 0) is 6.42 Å². The fraction of sp³-hybridized carbons (Fsp3) is 0.538. The van der Waals surface area contributed by atoms with Gasteiger partial charge in [-0.15, -0.1) is 0 Å². The minimum absolute atomic E-state index is 0.148. The number of benzene rings is 1. The van der Waals surface area contributed by atoms with Gasteiger partial charge in [-0.25, -0.2) is 0 Å². The van der Waals surface area contributed by atoms with Crippen molar-refractivity contribution in [2.75, 3.05) is 20.8 Å². The van der Waals surface area contributed by atoms with E-state index < -0.39 is 0 Å². The number of hydrogen-bond acceptors (Lipinski definition) is 3. The summed E-state index contributed by atoms with van der Waals surface area (Å²) in [5.41, 5.74) is 2.24. The van der Waals surface area contributed by atoms with Crippen molar-refractivity contribution < 1.29 is 14.6 Å². The van der Waals surface area contributed by atoms with Crippen molar-refractivity contribution in [3.05, 3.63) is 23.3 Å². The third-order valence-electron chi connectivity index (χ3n) is 2.99. The fourth-order valence-corrected chi connectivity index (χ4v) is 2.04. The van der Waals surface area contributed by atoms with E-state index in [1.165, 1.54) is 18.4 Å². The van der Waals surface area contributed by atoms with E-state index in [0.717, 1.165) is 17.1 Å². The molecular formula is C13H18O3. The standard InChI is InChI=1S/C13H18O3/c1-15-11-7-9(5-6-14)8-12(16-2)13(11)10-3-4-10/h7-8,10,14H,3-6H2,1-2H3. The van der Waals surface area contributed by atoms with Crippen molar-refractivity contribution in [1.82, 2.24) is 0 Å². The van der Waals surface area contributed by atoms with Crippen molar-refractivity contribution in [2.45, 2.75) is 25.2 Å². The molecule has 2 rings (SSSR count). The summed E-state index contributed by atoms with van der Waals surface area (Å²) in [5.74, 6) is 2.38. The molecule has 0 aromatic heterocycles.